The highest BCUT2D eigenvalue weighted by Gasteiger charge is 2.15. The van der Waals surface area contributed by atoms with Gasteiger partial charge in [0.25, 0.3) is 5.56 Å². The first-order chi connectivity index (χ1) is 15.2. The third kappa shape index (κ3) is 4.80. The predicted molar refractivity (Wildman–Crippen MR) is 119 cm³/mol. The van der Waals surface area contributed by atoms with Gasteiger partial charge in [-0.1, -0.05) is 42.1 Å². The molecule has 4 aromatic rings. The molecule has 0 atom stereocenters. The Labute approximate surface area is 183 Å². The van der Waals surface area contributed by atoms with Crippen molar-refractivity contribution in [3.05, 3.63) is 88.6 Å². The Morgan fingerprint density at radius 3 is 2.74 bits per heavy atom. The van der Waals surface area contributed by atoms with Crippen LogP contribution in [0.3, 0.4) is 0 Å². The van der Waals surface area contributed by atoms with Crippen molar-refractivity contribution in [2.24, 2.45) is 0 Å². The second kappa shape index (κ2) is 9.53. The average molecular weight is 436 g/mol. The molecule has 0 bridgehead atoms. The molecule has 1 N–H and O–H groups in total. The van der Waals surface area contributed by atoms with Crippen molar-refractivity contribution in [2.45, 2.75) is 18.2 Å². The van der Waals surface area contributed by atoms with Crippen LogP contribution in [0.15, 0.2) is 81.3 Å². The van der Waals surface area contributed by atoms with Crippen molar-refractivity contribution < 1.29 is 13.9 Å². The highest BCUT2D eigenvalue weighted by atomic mass is 32.2. The van der Waals surface area contributed by atoms with Gasteiger partial charge in [0.2, 0.25) is 5.91 Å². The molecule has 0 aliphatic rings. The SMILES string of the molecule is COc1ccccc1Cn1c(SCC(=O)NCc2ccco2)nc2ccccc2c1=O. The van der Waals surface area contributed by atoms with Gasteiger partial charge in [-0.15, -0.1) is 0 Å². The molecule has 31 heavy (non-hydrogen) atoms. The van der Waals surface area contributed by atoms with E-state index in [4.69, 9.17) is 9.15 Å². The van der Waals surface area contributed by atoms with Crippen molar-refractivity contribution in [1.29, 1.82) is 0 Å². The smallest absolute Gasteiger partial charge is 0.262 e. The van der Waals surface area contributed by atoms with Gasteiger partial charge in [-0.25, -0.2) is 4.98 Å². The van der Waals surface area contributed by atoms with E-state index in [-0.39, 0.29) is 23.8 Å². The Hall–Kier alpha value is -3.52. The summed E-state index contributed by atoms with van der Waals surface area (Å²) in [6.07, 6.45) is 1.56. The van der Waals surface area contributed by atoms with Crippen molar-refractivity contribution in [2.75, 3.05) is 12.9 Å². The molecule has 0 fully saturated rings. The van der Waals surface area contributed by atoms with Gasteiger partial charge in [0.05, 0.1) is 43.1 Å². The quantitative estimate of drug-likeness (QED) is 0.337. The Morgan fingerprint density at radius 2 is 1.94 bits per heavy atom. The van der Waals surface area contributed by atoms with Crippen LogP contribution in [0.1, 0.15) is 11.3 Å². The summed E-state index contributed by atoms with van der Waals surface area (Å²) in [6.45, 7) is 0.600. The summed E-state index contributed by atoms with van der Waals surface area (Å²) in [6, 6.07) is 18.3. The van der Waals surface area contributed by atoms with E-state index in [1.165, 1.54) is 11.8 Å². The number of hydrogen-bond acceptors (Lipinski definition) is 6. The van der Waals surface area contributed by atoms with Crippen molar-refractivity contribution in [3.63, 3.8) is 0 Å². The van der Waals surface area contributed by atoms with Gasteiger partial charge in [-0.3, -0.25) is 14.2 Å². The molecule has 2 heterocycles. The summed E-state index contributed by atoms with van der Waals surface area (Å²) in [4.78, 5) is 30.2. The van der Waals surface area contributed by atoms with Crippen LogP contribution < -0.4 is 15.6 Å². The van der Waals surface area contributed by atoms with Crippen LogP contribution in [0, 0.1) is 0 Å². The molecule has 2 aromatic heterocycles. The minimum atomic E-state index is -0.173. The van der Waals surface area contributed by atoms with E-state index in [1.807, 2.05) is 36.4 Å². The Balaban J connectivity index is 1.61. The van der Waals surface area contributed by atoms with E-state index in [2.05, 4.69) is 10.3 Å². The summed E-state index contributed by atoms with van der Waals surface area (Å²) in [5, 5.41) is 3.81. The third-order valence-corrected chi connectivity index (χ3v) is 5.70. The lowest BCUT2D eigenvalue weighted by atomic mass is 10.2. The summed E-state index contributed by atoms with van der Waals surface area (Å²) in [5.74, 6) is 1.31. The number of furan rings is 1. The Morgan fingerprint density at radius 1 is 1.13 bits per heavy atom. The van der Waals surface area contributed by atoms with Crippen molar-refractivity contribution >= 4 is 28.6 Å². The molecule has 0 aliphatic carbocycles. The lowest BCUT2D eigenvalue weighted by molar-refractivity contribution is -0.118. The van der Waals surface area contributed by atoms with Gasteiger partial charge in [0.1, 0.15) is 11.5 Å². The first-order valence-electron chi connectivity index (χ1n) is 9.69. The topological polar surface area (TPSA) is 86.4 Å². The molecular formula is C23H21N3O4S. The fourth-order valence-electron chi connectivity index (χ4n) is 3.18. The maximum absolute atomic E-state index is 13.2. The van der Waals surface area contributed by atoms with E-state index < -0.39 is 0 Å². The number of amides is 1. The zero-order chi connectivity index (χ0) is 21.6. The molecule has 2 aromatic carbocycles. The van der Waals surface area contributed by atoms with Crippen molar-refractivity contribution in [3.8, 4) is 5.75 Å². The second-order valence-electron chi connectivity index (χ2n) is 6.76. The molecule has 0 spiro atoms. The zero-order valence-electron chi connectivity index (χ0n) is 16.9. The lowest BCUT2D eigenvalue weighted by Gasteiger charge is -2.15. The number of methoxy groups -OCH3 is 1. The summed E-state index contributed by atoms with van der Waals surface area (Å²) in [7, 11) is 1.60. The van der Waals surface area contributed by atoms with E-state index in [0.29, 0.717) is 34.1 Å². The molecular weight excluding hydrogens is 414 g/mol. The number of nitrogens with zero attached hydrogens (tertiary/aromatic N) is 2. The van der Waals surface area contributed by atoms with Gasteiger partial charge >= 0.3 is 0 Å². The number of carbonyl (C=O) groups is 1. The van der Waals surface area contributed by atoms with E-state index in [0.717, 1.165) is 5.56 Å². The summed E-state index contributed by atoms with van der Waals surface area (Å²) >= 11 is 1.22. The second-order valence-corrected chi connectivity index (χ2v) is 7.70. The molecule has 8 heteroatoms. The van der Waals surface area contributed by atoms with Gasteiger partial charge in [0, 0.05) is 5.56 Å². The molecule has 0 saturated carbocycles. The number of carbonyl (C=O) groups excluding carboxylic acids is 1. The number of benzene rings is 2. The summed E-state index contributed by atoms with van der Waals surface area (Å²) < 4.78 is 12.2. The number of rotatable bonds is 8. The standard InChI is InChI=1S/C23H21N3O4S/c1-29-20-11-5-2-7-16(20)14-26-22(28)18-9-3-4-10-19(18)25-23(26)31-15-21(27)24-13-17-8-6-12-30-17/h2-12H,13-15H2,1H3,(H,24,27). The van der Waals surface area contributed by atoms with Crippen LogP contribution in [-0.4, -0.2) is 28.3 Å². The first-order valence-corrected chi connectivity index (χ1v) is 10.7. The van der Waals surface area contributed by atoms with Gasteiger partial charge in [-0.2, -0.15) is 0 Å². The van der Waals surface area contributed by atoms with Gasteiger partial charge in [-0.05, 0) is 30.3 Å². The minimum absolute atomic E-state index is 0.122. The van der Waals surface area contributed by atoms with Crippen LogP contribution in [0.4, 0.5) is 0 Å². The predicted octanol–water partition coefficient (Wildman–Crippen LogP) is 3.45. The highest BCUT2D eigenvalue weighted by molar-refractivity contribution is 7.99. The normalized spacial score (nSPS) is 10.9. The monoisotopic (exact) mass is 435 g/mol. The number of nitrogens with one attached hydrogen (secondary N) is 1. The number of para-hydroxylation sites is 2. The average Bonchev–Trinajstić information content (AvgIpc) is 3.32. The van der Waals surface area contributed by atoms with Gasteiger partial charge < -0.3 is 14.5 Å². The minimum Gasteiger partial charge on any atom is -0.496 e. The zero-order valence-corrected chi connectivity index (χ0v) is 17.7. The number of aromatic nitrogens is 2. The van der Waals surface area contributed by atoms with Crippen LogP contribution >= 0.6 is 11.8 Å². The largest absolute Gasteiger partial charge is 0.496 e. The maximum Gasteiger partial charge on any atom is 0.262 e. The number of thioether (sulfide) groups is 1. The summed E-state index contributed by atoms with van der Waals surface area (Å²) in [5.41, 5.74) is 1.30. The molecule has 4 rings (SSSR count). The fraction of sp³-hybridized carbons (Fsp3) is 0.174. The lowest BCUT2D eigenvalue weighted by Crippen LogP contribution is -2.27. The van der Waals surface area contributed by atoms with Crippen LogP contribution in [0.25, 0.3) is 10.9 Å². The van der Waals surface area contributed by atoms with E-state index in [1.54, 1.807) is 42.2 Å². The third-order valence-electron chi connectivity index (χ3n) is 4.72. The van der Waals surface area contributed by atoms with Crippen LogP contribution in [-0.2, 0) is 17.9 Å². The van der Waals surface area contributed by atoms with E-state index in [9.17, 15) is 9.59 Å². The maximum atomic E-state index is 13.2. The number of hydrogen-bond donors (Lipinski definition) is 1. The highest BCUT2D eigenvalue weighted by Crippen LogP contribution is 2.22. The molecule has 158 valence electrons. The molecule has 0 aliphatic heterocycles. The first kappa shape index (κ1) is 20.7. The fourth-order valence-corrected chi connectivity index (χ4v) is 4.01. The Bertz CT molecular complexity index is 1250. The molecule has 0 saturated heterocycles. The number of ether oxygens (including phenoxy) is 1. The molecule has 0 radical (unpaired) electrons. The molecule has 7 nitrogen and oxygen atoms in total. The van der Waals surface area contributed by atoms with E-state index >= 15 is 0 Å². The van der Waals surface area contributed by atoms with Crippen LogP contribution in [0.2, 0.25) is 0 Å². The van der Waals surface area contributed by atoms with Crippen molar-refractivity contribution in [1.82, 2.24) is 14.9 Å². The molecule has 0 unspecified atom stereocenters. The van der Waals surface area contributed by atoms with Gasteiger partial charge in [0.15, 0.2) is 5.16 Å². The van der Waals surface area contributed by atoms with Crippen LogP contribution in [0.5, 0.6) is 5.75 Å². The molecule has 1 amide bonds. The Kier molecular flexibility index (Phi) is 6.37. The number of fused-ring (bicyclic) bond motifs is 1.